The van der Waals surface area contributed by atoms with Crippen molar-refractivity contribution in [2.45, 2.75) is 26.2 Å². The second-order valence-corrected chi connectivity index (χ2v) is 8.32. The van der Waals surface area contributed by atoms with Gasteiger partial charge in [-0.1, -0.05) is 20.8 Å². The van der Waals surface area contributed by atoms with Gasteiger partial charge >= 0.3 is 5.97 Å². The van der Waals surface area contributed by atoms with Gasteiger partial charge in [0.15, 0.2) is 5.69 Å². The van der Waals surface area contributed by atoms with Crippen molar-refractivity contribution in [2.24, 2.45) is 0 Å². The Morgan fingerprint density at radius 1 is 1.33 bits per heavy atom. The van der Waals surface area contributed by atoms with Crippen LogP contribution in [0.4, 0.5) is 0 Å². The summed E-state index contributed by atoms with van der Waals surface area (Å²) in [7, 11) is 0. The first-order valence-corrected chi connectivity index (χ1v) is 7.72. The molecule has 0 fully saturated rings. The standard InChI is InChI=1S/C12H12BrNO2S2/c1-12(2,3)11-14-8(10(15)16)9(18-11)6-4-5-7(13)17-6/h4-5H,1-3H3,(H,15,16). The first kappa shape index (κ1) is 13.7. The summed E-state index contributed by atoms with van der Waals surface area (Å²) < 4.78 is 0.986. The van der Waals surface area contributed by atoms with Gasteiger partial charge in [-0.25, -0.2) is 9.78 Å². The number of hydrogen-bond acceptors (Lipinski definition) is 4. The Bertz CT molecular complexity index is 595. The van der Waals surface area contributed by atoms with Crippen LogP contribution in [0.1, 0.15) is 36.3 Å². The van der Waals surface area contributed by atoms with Crippen LogP contribution in [0.5, 0.6) is 0 Å². The number of rotatable bonds is 2. The number of halogens is 1. The Morgan fingerprint density at radius 2 is 2.00 bits per heavy atom. The summed E-state index contributed by atoms with van der Waals surface area (Å²) in [5, 5.41) is 10.1. The zero-order chi connectivity index (χ0) is 13.5. The molecule has 96 valence electrons. The van der Waals surface area contributed by atoms with Crippen LogP contribution < -0.4 is 0 Å². The molecule has 0 unspecified atom stereocenters. The number of aromatic carboxylic acids is 1. The van der Waals surface area contributed by atoms with E-state index in [1.165, 1.54) is 22.7 Å². The monoisotopic (exact) mass is 345 g/mol. The highest BCUT2D eigenvalue weighted by atomic mass is 79.9. The Labute approximate surface area is 122 Å². The highest BCUT2D eigenvalue weighted by Crippen LogP contribution is 2.40. The maximum atomic E-state index is 11.3. The first-order chi connectivity index (χ1) is 8.29. The fourth-order valence-corrected chi connectivity index (χ4v) is 4.00. The minimum Gasteiger partial charge on any atom is -0.476 e. The van der Waals surface area contributed by atoms with Gasteiger partial charge in [0.2, 0.25) is 0 Å². The maximum Gasteiger partial charge on any atom is 0.356 e. The molecule has 0 atom stereocenters. The average molecular weight is 346 g/mol. The molecule has 0 saturated heterocycles. The number of carboxylic acids is 1. The molecule has 6 heteroatoms. The second-order valence-electron chi connectivity index (χ2n) is 4.86. The van der Waals surface area contributed by atoms with Crippen molar-refractivity contribution < 1.29 is 9.90 Å². The molecule has 0 aromatic carbocycles. The normalized spacial score (nSPS) is 11.8. The zero-order valence-corrected chi connectivity index (χ0v) is 13.4. The molecule has 0 aliphatic heterocycles. The van der Waals surface area contributed by atoms with E-state index in [-0.39, 0.29) is 11.1 Å². The maximum absolute atomic E-state index is 11.3. The van der Waals surface area contributed by atoms with E-state index < -0.39 is 5.97 Å². The summed E-state index contributed by atoms with van der Waals surface area (Å²) in [6.45, 7) is 6.10. The van der Waals surface area contributed by atoms with Gasteiger partial charge in [0.25, 0.3) is 0 Å². The average Bonchev–Trinajstić information content (AvgIpc) is 2.81. The molecule has 2 rings (SSSR count). The van der Waals surface area contributed by atoms with Crippen LogP contribution in [-0.4, -0.2) is 16.1 Å². The number of aromatic nitrogens is 1. The number of carbonyl (C=O) groups is 1. The van der Waals surface area contributed by atoms with Crippen molar-refractivity contribution in [3.63, 3.8) is 0 Å². The van der Waals surface area contributed by atoms with Crippen LogP contribution in [0.2, 0.25) is 0 Å². The van der Waals surface area contributed by atoms with Crippen molar-refractivity contribution in [2.75, 3.05) is 0 Å². The van der Waals surface area contributed by atoms with Gasteiger partial charge in [-0.3, -0.25) is 0 Å². The third kappa shape index (κ3) is 2.65. The molecule has 2 aromatic rings. The molecule has 0 amide bonds. The van der Waals surface area contributed by atoms with E-state index in [0.29, 0.717) is 0 Å². The molecular formula is C12H12BrNO2S2. The summed E-state index contributed by atoms with van der Waals surface area (Å²) in [5.74, 6) is -0.971. The molecule has 18 heavy (non-hydrogen) atoms. The number of nitrogens with zero attached hydrogens (tertiary/aromatic N) is 1. The second kappa shape index (κ2) is 4.75. The summed E-state index contributed by atoms with van der Waals surface area (Å²) in [4.78, 5) is 17.2. The van der Waals surface area contributed by atoms with Crippen molar-refractivity contribution in [3.8, 4) is 9.75 Å². The molecule has 0 spiro atoms. The predicted octanol–water partition coefficient (Wildman–Crippen LogP) is 4.63. The lowest BCUT2D eigenvalue weighted by Crippen LogP contribution is -2.11. The topological polar surface area (TPSA) is 50.2 Å². The van der Waals surface area contributed by atoms with Gasteiger partial charge in [-0.2, -0.15) is 0 Å². The molecule has 0 aliphatic rings. The Hall–Kier alpha value is -0.720. The molecule has 2 heterocycles. The fourth-order valence-electron chi connectivity index (χ4n) is 1.39. The van der Waals surface area contributed by atoms with Crippen molar-refractivity contribution in [1.29, 1.82) is 0 Å². The van der Waals surface area contributed by atoms with Crippen molar-refractivity contribution in [3.05, 3.63) is 26.6 Å². The first-order valence-electron chi connectivity index (χ1n) is 5.29. The van der Waals surface area contributed by atoms with Crippen LogP contribution >= 0.6 is 38.6 Å². The van der Waals surface area contributed by atoms with Crippen LogP contribution in [-0.2, 0) is 5.41 Å². The van der Waals surface area contributed by atoms with Crippen LogP contribution in [0, 0.1) is 0 Å². The van der Waals surface area contributed by atoms with Gasteiger partial charge in [0.05, 0.1) is 13.7 Å². The lowest BCUT2D eigenvalue weighted by molar-refractivity contribution is 0.0692. The van der Waals surface area contributed by atoms with E-state index in [2.05, 4.69) is 20.9 Å². The summed E-state index contributed by atoms with van der Waals surface area (Å²) in [6, 6.07) is 3.84. The number of thiazole rings is 1. The number of hydrogen-bond donors (Lipinski definition) is 1. The SMILES string of the molecule is CC(C)(C)c1nc(C(=O)O)c(-c2ccc(Br)s2)s1. The number of thiophene rings is 1. The zero-order valence-electron chi connectivity index (χ0n) is 10.2. The van der Waals surface area contributed by atoms with Gasteiger partial charge < -0.3 is 5.11 Å². The summed E-state index contributed by atoms with van der Waals surface area (Å²) in [5.41, 5.74) is 0.0148. The highest BCUT2D eigenvalue weighted by Gasteiger charge is 2.25. The quantitative estimate of drug-likeness (QED) is 0.863. The van der Waals surface area contributed by atoms with E-state index in [9.17, 15) is 9.90 Å². The molecule has 0 aliphatic carbocycles. The van der Waals surface area contributed by atoms with E-state index in [1.807, 2.05) is 32.9 Å². The van der Waals surface area contributed by atoms with Gasteiger partial charge in [0, 0.05) is 10.3 Å². The lowest BCUT2D eigenvalue weighted by Gasteiger charge is -2.13. The molecule has 0 saturated carbocycles. The Balaban J connectivity index is 2.59. The van der Waals surface area contributed by atoms with E-state index >= 15 is 0 Å². The molecule has 2 aromatic heterocycles. The minimum atomic E-state index is -0.971. The molecule has 0 radical (unpaired) electrons. The van der Waals surface area contributed by atoms with Crippen molar-refractivity contribution >= 4 is 44.6 Å². The molecule has 0 bridgehead atoms. The molecule has 3 nitrogen and oxygen atoms in total. The van der Waals surface area contributed by atoms with Crippen molar-refractivity contribution in [1.82, 2.24) is 4.98 Å². The van der Waals surface area contributed by atoms with E-state index in [4.69, 9.17) is 0 Å². The molecule has 1 N–H and O–H groups in total. The number of carboxylic acid groups (broad SMARTS) is 1. The predicted molar refractivity (Wildman–Crippen MR) is 78.8 cm³/mol. The summed E-state index contributed by atoms with van der Waals surface area (Å²) in [6.07, 6.45) is 0. The lowest BCUT2D eigenvalue weighted by atomic mass is 9.98. The minimum absolute atomic E-state index is 0.137. The van der Waals surface area contributed by atoms with Gasteiger partial charge in [0.1, 0.15) is 0 Å². The third-order valence-corrected chi connectivity index (χ3v) is 5.55. The fraction of sp³-hybridized carbons (Fsp3) is 0.333. The highest BCUT2D eigenvalue weighted by molar-refractivity contribution is 9.11. The van der Waals surface area contributed by atoms with Gasteiger partial charge in [-0.15, -0.1) is 22.7 Å². The van der Waals surface area contributed by atoms with Crippen LogP contribution in [0.3, 0.4) is 0 Å². The van der Waals surface area contributed by atoms with Crippen LogP contribution in [0.25, 0.3) is 9.75 Å². The third-order valence-electron chi connectivity index (χ3n) is 2.27. The smallest absolute Gasteiger partial charge is 0.356 e. The largest absolute Gasteiger partial charge is 0.476 e. The Kier molecular flexibility index (Phi) is 3.62. The van der Waals surface area contributed by atoms with E-state index in [1.54, 1.807) is 0 Å². The van der Waals surface area contributed by atoms with Crippen LogP contribution in [0.15, 0.2) is 15.9 Å². The summed E-state index contributed by atoms with van der Waals surface area (Å²) >= 11 is 6.37. The van der Waals surface area contributed by atoms with Gasteiger partial charge in [-0.05, 0) is 28.1 Å². The molecular weight excluding hydrogens is 334 g/mol. The van der Waals surface area contributed by atoms with E-state index in [0.717, 1.165) is 18.5 Å². The Morgan fingerprint density at radius 3 is 2.44 bits per heavy atom.